The lowest BCUT2D eigenvalue weighted by Gasteiger charge is -2.26. The molecule has 88 heavy (non-hydrogen) atoms. The Morgan fingerprint density at radius 3 is 0.966 bits per heavy atom. The van der Waals surface area contributed by atoms with Gasteiger partial charge in [-0.1, -0.05) is 166 Å². The molecule has 7 aromatic carbocycles. The normalized spacial score (nSPS) is 11.6. The van der Waals surface area contributed by atoms with Crippen LogP contribution in [0, 0.1) is 26.3 Å². The molecule has 0 unspecified atom stereocenters. The van der Waals surface area contributed by atoms with Gasteiger partial charge in [-0.2, -0.15) is 0 Å². The maximum Gasteiger partial charge on any atom is 0.333 e. The van der Waals surface area contributed by atoms with E-state index in [0.717, 1.165) is 73.6 Å². The zero-order chi connectivity index (χ0) is 62.5. The molecule has 0 aliphatic heterocycles. The smallest absolute Gasteiger partial charge is 0.333 e. The summed E-state index contributed by atoms with van der Waals surface area (Å²) in [7, 11) is 0. The number of nitrogens with zero attached hydrogens (tertiary/aromatic N) is 5. The number of carboxylic acids is 4. The summed E-state index contributed by atoms with van der Waals surface area (Å²) in [4.78, 5) is 63.8. The molecule has 0 amide bonds. The molecule has 0 atom stereocenters. The zero-order valence-corrected chi connectivity index (χ0v) is 48.4. The lowest BCUT2D eigenvalue weighted by atomic mass is 9.94. The van der Waals surface area contributed by atoms with E-state index in [1.807, 2.05) is 121 Å². The Balaban J connectivity index is 1.19. The quantitative estimate of drug-likeness (QED) is 0.0199. The minimum atomic E-state index is -1.33. The number of hydrogen-bond donors (Lipinski definition) is 4. The number of thiophene rings is 1. The van der Waals surface area contributed by atoms with Gasteiger partial charge in [0.05, 0.1) is 26.3 Å². The molecular formula is C74H55N5O8S. The van der Waals surface area contributed by atoms with Crippen molar-refractivity contribution in [3.63, 3.8) is 0 Å². The second-order valence-electron chi connectivity index (χ2n) is 19.9. The fourth-order valence-electron chi connectivity index (χ4n) is 9.38. The van der Waals surface area contributed by atoms with Crippen molar-refractivity contribution in [3.05, 3.63) is 321 Å². The van der Waals surface area contributed by atoms with Gasteiger partial charge >= 0.3 is 23.9 Å². The number of unbranched alkanes of at least 4 members (excludes halogenated alkanes) is 3. The molecular weight excluding hydrogens is 1120 g/mol. The maximum atomic E-state index is 11.6. The Hall–Kier alpha value is -11.9. The van der Waals surface area contributed by atoms with Crippen LogP contribution >= 0.6 is 11.3 Å². The summed E-state index contributed by atoms with van der Waals surface area (Å²) in [6.45, 7) is 31.5. The van der Waals surface area contributed by atoms with Gasteiger partial charge in [-0.3, -0.25) is 19.2 Å². The van der Waals surface area contributed by atoms with Gasteiger partial charge in [0, 0.05) is 26.8 Å². The minimum Gasteiger partial charge on any atom is -0.486 e. The number of hydrogen-bond acceptors (Lipinski definition) is 6. The molecule has 0 aliphatic rings. The third-order valence-electron chi connectivity index (χ3n) is 13.9. The highest BCUT2D eigenvalue weighted by Gasteiger charge is 2.17. The summed E-state index contributed by atoms with van der Waals surface area (Å²) >= 11 is 1.81. The fourth-order valence-corrected chi connectivity index (χ4v) is 10.3. The second-order valence-corrected chi connectivity index (χ2v) is 21.1. The summed E-state index contributed by atoms with van der Waals surface area (Å²) < 4.78 is 0. The van der Waals surface area contributed by atoms with E-state index in [1.165, 1.54) is 59.7 Å². The van der Waals surface area contributed by atoms with Crippen LogP contribution in [0.15, 0.2) is 205 Å². The minimum absolute atomic E-state index is 0.425. The molecule has 0 radical (unpaired) electrons. The molecule has 0 spiro atoms. The monoisotopic (exact) mass is 1170 g/mol. The Bertz CT molecular complexity index is 3890. The predicted octanol–water partition coefficient (Wildman–Crippen LogP) is 18.1. The van der Waals surface area contributed by atoms with Gasteiger partial charge < -0.3 is 25.3 Å². The lowest BCUT2D eigenvalue weighted by Crippen LogP contribution is -2.09. The van der Waals surface area contributed by atoms with Crippen molar-refractivity contribution in [3.8, 4) is 0 Å². The topological polar surface area (TPSA) is 170 Å². The van der Waals surface area contributed by atoms with Gasteiger partial charge in [0.25, 0.3) is 22.8 Å². The summed E-state index contributed by atoms with van der Waals surface area (Å²) in [5.41, 5.74) is 10.3. The lowest BCUT2D eigenvalue weighted by molar-refractivity contribution is -0.133. The van der Waals surface area contributed by atoms with Crippen molar-refractivity contribution >= 4 is 112 Å². The maximum absolute atomic E-state index is 11.6. The van der Waals surface area contributed by atoms with E-state index in [4.69, 9.17) is 26.3 Å². The third-order valence-corrected chi connectivity index (χ3v) is 15.0. The molecule has 1 aromatic heterocycles. The van der Waals surface area contributed by atoms with Crippen molar-refractivity contribution in [2.24, 2.45) is 0 Å². The third kappa shape index (κ3) is 16.7. The van der Waals surface area contributed by atoms with E-state index in [0.29, 0.717) is 22.3 Å². The summed E-state index contributed by atoms with van der Waals surface area (Å²) in [5, 5.41) is 38.0. The molecule has 0 bridgehead atoms. The largest absolute Gasteiger partial charge is 0.486 e. The first-order chi connectivity index (χ1) is 42.6. The van der Waals surface area contributed by atoms with Gasteiger partial charge in [-0.25, -0.2) is 19.4 Å². The Kier molecular flexibility index (Phi) is 21.2. The summed E-state index contributed by atoms with van der Waals surface area (Å²) in [6.07, 6.45) is 19.4. The molecule has 14 heteroatoms. The molecule has 1 heterocycles. The van der Waals surface area contributed by atoms with Crippen molar-refractivity contribution in [2.75, 3.05) is 4.90 Å². The van der Waals surface area contributed by atoms with Crippen LogP contribution in [-0.2, 0) is 25.6 Å². The number of aryl methyl sites for hydroxylation is 1. The van der Waals surface area contributed by atoms with Crippen LogP contribution in [0.5, 0.6) is 0 Å². The number of carbonyl (C=O) groups is 4. The predicted molar refractivity (Wildman–Crippen MR) is 351 cm³/mol. The average molecular weight is 1170 g/mol. The van der Waals surface area contributed by atoms with Crippen LogP contribution in [0.2, 0.25) is 0 Å². The number of aliphatic carboxylic acids is 4. The first kappa shape index (κ1) is 62.1. The second kappa shape index (κ2) is 30.0. The van der Waals surface area contributed by atoms with Crippen molar-refractivity contribution < 1.29 is 39.6 Å². The number of benzene rings is 7. The van der Waals surface area contributed by atoms with Crippen LogP contribution in [-0.4, -0.2) is 44.3 Å². The van der Waals surface area contributed by atoms with Crippen molar-refractivity contribution in [1.82, 2.24) is 0 Å². The van der Waals surface area contributed by atoms with Crippen molar-refractivity contribution in [1.29, 1.82) is 0 Å². The highest BCUT2D eigenvalue weighted by Crippen LogP contribution is 2.37. The number of anilines is 3. The van der Waals surface area contributed by atoms with Crippen LogP contribution in [0.3, 0.4) is 0 Å². The Morgan fingerprint density at radius 2 is 0.670 bits per heavy atom. The zero-order valence-electron chi connectivity index (χ0n) is 47.5. The molecule has 13 nitrogen and oxygen atoms in total. The number of rotatable bonds is 24. The standard InChI is InChI=1S/C74H55N5O8S/c1-6-7-8-9-10-63-41-42-64(88-63)40-25-49-19-34-60(35-20-49)79(61-36-21-50(22-37-61)43-65(56-26-11-52(12-27-56)45-67(75-2)71(80)81)57-28-13-53(14-29-57)46-68(76-3)72(82)83)62-38-23-51(24-39-62)44-66(58-30-15-54(16-31-58)47-69(77-4)73(84)85)59-32-17-55(18-33-59)48-70(78-5)74(86)87/h11-48H,6-10H2,1H3,(H,80,81)(H,82,83)(H,84,85)(H,86,87). The van der Waals surface area contributed by atoms with E-state index in [2.05, 4.69) is 79.8 Å². The van der Waals surface area contributed by atoms with Crippen LogP contribution in [0.1, 0.15) is 104 Å². The molecule has 0 fully saturated rings. The molecule has 0 aliphatic carbocycles. The van der Waals surface area contributed by atoms with E-state index in [1.54, 1.807) is 48.5 Å². The van der Waals surface area contributed by atoms with Crippen LogP contribution in [0.25, 0.3) is 79.1 Å². The van der Waals surface area contributed by atoms with Gasteiger partial charge in [-0.15, -0.1) is 11.3 Å². The average Bonchev–Trinajstić information content (AvgIpc) is 2.30. The van der Waals surface area contributed by atoms with Crippen molar-refractivity contribution in [2.45, 2.75) is 39.0 Å². The summed E-state index contributed by atoms with van der Waals surface area (Å²) in [5.74, 6) is -5.33. The summed E-state index contributed by atoms with van der Waals surface area (Å²) in [6, 6.07) is 57.2. The van der Waals surface area contributed by atoms with Gasteiger partial charge in [0.1, 0.15) is 0 Å². The van der Waals surface area contributed by atoms with Gasteiger partial charge in [0.15, 0.2) is 0 Å². The van der Waals surface area contributed by atoms with E-state index in [-0.39, 0.29) is 0 Å². The van der Waals surface area contributed by atoms with Crippen LogP contribution < -0.4 is 4.90 Å². The Labute approximate surface area is 514 Å². The van der Waals surface area contributed by atoms with Gasteiger partial charge in [0.2, 0.25) is 0 Å². The highest BCUT2D eigenvalue weighted by atomic mass is 32.1. The number of carboxylic acid groups (broad SMARTS) is 4. The molecule has 4 N–H and O–H groups in total. The molecule has 0 saturated carbocycles. The molecule has 0 saturated heterocycles. The molecule has 8 aromatic rings. The molecule has 8 rings (SSSR count). The first-order valence-electron chi connectivity index (χ1n) is 27.7. The SMILES string of the molecule is [C-]#[N+]C(=Cc1ccc(C(=Cc2ccc(N(c3ccc(C=Cc4ccc(CCCCCC)s4)cc3)c3ccc(C=C(c4ccc(C=C([N+]#[C-])C(=O)O)cc4)c4ccc(C=C([N+]#[C-])C(=O)O)cc4)cc3)cc2)c2ccc(C=C([N+]#[C-])C(=O)O)cc2)cc1)C(=O)O. The van der Waals surface area contributed by atoms with Gasteiger partial charge in [-0.05, 0) is 176 Å². The van der Waals surface area contributed by atoms with Crippen LogP contribution in [0.4, 0.5) is 17.1 Å². The van der Waals surface area contributed by atoms with E-state index >= 15 is 0 Å². The van der Waals surface area contributed by atoms with E-state index < -0.39 is 46.7 Å². The van der Waals surface area contributed by atoms with E-state index in [9.17, 15) is 39.6 Å². The molecule has 430 valence electrons. The first-order valence-corrected chi connectivity index (χ1v) is 28.5. The fraction of sp³-hybridized carbons (Fsp3) is 0.0811. The Morgan fingerprint density at radius 1 is 0.375 bits per heavy atom. The highest BCUT2D eigenvalue weighted by molar-refractivity contribution is 7.12.